The first-order chi connectivity index (χ1) is 3.48. The number of hydrogen-bond donors (Lipinski definition) is 0. The Hall–Kier alpha value is 0.283. The molecular weight excluding hydrogens is 157 g/mol. The molecule has 0 amide bonds. The minimum absolute atomic E-state index is 0.502. The first-order valence-electron chi connectivity index (χ1n) is 3.16. The molecule has 0 aromatic carbocycles. The molecule has 0 saturated heterocycles. The van der Waals surface area contributed by atoms with E-state index in [1.54, 1.807) is 0 Å². The van der Waals surface area contributed by atoms with Crippen LogP contribution in [0.3, 0.4) is 0 Å². The van der Waals surface area contributed by atoms with Gasteiger partial charge >= 0.3 is 60.1 Å². The van der Waals surface area contributed by atoms with Crippen LogP contribution in [0.4, 0.5) is 0 Å². The fraction of sp³-hybridized carbons (Fsp3) is 0.714. The van der Waals surface area contributed by atoms with Crippen LogP contribution >= 0.6 is 0 Å². The first-order valence-corrected chi connectivity index (χ1v) is 5.26. The van der Waals surface area contributed by atoms with Crippen LogP contribution in [-0.2, 0) is 0 Å². The molecule has 0 atom stereocenters. The summed E-state index contributed by atoms with van der Waals surface area (Å²) < 4.78 is 0.502. The summed E-state index contributed by atoms with van der Waals surface area (Å²) in [7, 11) is 0. The predicted molar refractivity (Wildman–Crippen MR) is 43.4 cm³/mol. The molecule has 0 heterocycles. The van der Waals surface area contributed by atoms with Crippen molar-refractivity contribution in [2.24, 2.45) is 0 Å². The zero-order valence-corrected chi connectivity index (χ0v) is 10.6. The van der Waals surface area contributed by atoms with Crippen LogP contribution in [0.25, 0.3) is 0 Å². The van der Waals surface area contributed by atoms with E-state index in [4.69, 9.17) is 0 Å². The fourth-order valence-electron chi connectivity index (χ4n) is 0.530. The van der Waals surface area contributed by atoms with Gasteiger partial charge in [-0.2, -0.15) is 0 Å². The molecule has 0 bridgehead atoms. The van der Waals surface area contributed by atoms with Crippen LogP contribution in [0, 0.1) is 0 Å². The van der Waals surface area contributed by atoms with Crippen LogP contribution in [-0.4, -0.2) is 16.5 Å². The summed E-state index contributed by atoms with van der Waals surface area (Å²) in [6.45, 7) is 10.7. The fourth-order valence-corrected chi connectivity index (χ4v) is 1.27. The molecule has 8 heavy (non-hydrogen) atoms. The van der Waals surface area contributed by atoms with E-state index in [0.29, 0.717) is 4.25 Å². The summed E-state index contributed by atoms with van der Waals surface area (Å²) in [6, 6.07) is 0. The molecule has 0 aromatic heterocycles. The molecule has 48 valence electrons. The number of allylic oxidation sites excluding steroid dienone is 1. The second kappa shape index (κ2) is 2.72. The van der Waals surface area contributed by atoms with Gasteiger partial charge in [0.15, 0.2) is 0 Å². The number of hydrogen-bond acceptors (Lipinski definition) is 0. The van der Waals surface area contributed by atoms with Gasteiger partial charge in [-0.1, -0.05) is 0 Å². The van der Waals surface area contributed by atoms with Gasteiger partial charge in [-0.05, 0) is 0 Å². The van der Waals surface area contributed by atoms with Crippen molar-refractivity contribution in [1.82, 2.24) is 0 Å². The molecule has 0 aliphatic carbocycles. The van der Waals surface area contributed by atoms with Gasteiger partial charge in [0.25, 0.3) is 0 Å². The van der Waals surface area contributed by atoms with E-state index < -0.39 is 0 Å². The maximum absolute atomic E-state index is 3.99. The first kappa shape index (κ1) is 8.28. The molecule has 0 aliphatic heterocycles. The predicted octanol–water partition coefficient (Wildman–Crippen LogP) is 1.52. The van der Waals surface area contributed by atoms with E-state index in [0.717, 1.165) is 22.9 Å². The molecule has 0 nitrogen and oxygen atoms in total. The van der Waals surface area contributed by atoms with Gasteiger partial charge in [0.2, 0.25) is 0 Å². The van der Waals surface area contributed by atoms with Crippen molar-refractivity contribution >= 4 is 16.5 Å². The molecule has 0 unspecified atom stereocenters. The van der Waals surface area contributed by atoms with E-state index in [9.17, 15) is 0 Å². The standard InChI is InChI=1S/C7H16Ge/c1-5-6(2)7(3,4)8/h2,5H2,1,3-4,8H3. The Labute approximate surface area is 60.6 Å². The van der Waals surface area contributed by atoms with Crippen molar-refractivity contribution in [3.05, 3.63) is 12.2 Å². The van der Waals surface area contributed by atoms with Gasteiger partial charge in [0.05, 0.1) is 0 Å². The minimum atomic E-state index is 0.502. The summed E-state index contributed by atoms with van der Waals surface area (Å²) in [6.07, 6.45) is 1.15. The Morgan fingerprint density at radius 3 is 2.00 bits per heavy atom. The molecule has 0 N–H and O–H groups in total. The van der Waals surface area contributed by atoms with E-state index in [1.165, 1.54) is 5.57 Å². The third-order valence-corrected chi connectivity index (χ3v) is 2.97. The van der Waals surface area contributed by atoms with Gasteiger partial charge in [0.1, 0.15) is 0 Å². The van der Waals surface area contributed by atoms with Crippen LogP contribution in [0.1, 0.15) is 27.2 Å². The van der Waals surface area contributed by atoms with Crippen molar-refractivity contribution in [1.29, 1.82) is 0 Å². The van der Waals surface area contributed by atoms with Crippen molar-refractivity contribution in [3.8, 4) is 0 Å². The Kier molecular flexibility index (Phi) is 2.82. The van der Waals surface area contributed by atoms with E-state index in [-0.39, 0.29) is 0 Å². The summed E-state index contributed by atoms with van der Waals surface area (Å²) in [5.41, 5.74) is 1.41. The van der Waals surface area contributed by atoms with Crippen LogP contribution in [0.5, 0.6) is 0 Å². The Bertz CT molecular complexity index is 87.1. The monoisotopic (exact) mass is 174 g/mol. The third-order valence-electron chi connectivity index (χ3n) is 1.49. The van der Waals surface area contributed by atoms with Crippen LogP contribution < -0.4 is 0 Å². The molecule has 0 radical (unpaired) electrons. The average Bonchev–Trinajstić information content (AvgIpc) is 1.62. The van der Waals surface area contributed by atoms with E-state index >= 15 is 0 Å². The van der Waals surface area contributed by atoms with E-state index in [1.807, 2.05) is 0 Å². The van der Waals surface area contributed by atoms with Crippen molar-refractivity contribution < 1.29 is 0 Å². The van der Waals surface area contributed by atoms with E-state index in [2.05, 4.69) is 27.4 Å². The second-order valence-corrected chi connectivity index (χ2v) is 8.45. The van der Waals surface area contributed by atoms with Crippen LogP contribution in [0.2, 0.25) is 4.25 Å². The average molecular weight is 173 g/mol. The Morgan fingerprint density at radius 2 is 2.00 bits per heavy atom. The summed E-state index contributed by atoms with van der Waals surface area (Å²) in [5.74, 6) is 0. The second-order valence-electron chi connectivity index (χ2n) is 3.21. The molecule has 0 rings (SSSR count). The van der Waals surface area contributed by atoms with Gasteiger partial charge in [0, 0.05) is 0 Å². The SMILES string of the molecule is C=C(CC)[C](C)(C)[GeH3]. The zero-order valence-electron chi connectivity index (χ0n) is 6.41. The Morgan fingerprint density at radius 1 is 1.62 bits per heavy atom. The topological polar surface area (TPSA) is 0 Å². The van der Waals surface area contributed by atoms with Gasteiger partial charge < -0.3 is 0 Å². The third kappa shape index (κ3) is 2.56. The van der Waals surface area contributed by atoms with Crippen LogP contribution in [0.15, 0.2) is 12.2 Å². The van der Waals surface area contributed by atoms with Gasteiger partial charge in [-0.15, -0.1) is 0 Å². The summed E-state index contributed by atoms with van der Waals surface area (Å²) in [4.78, 5) is 0. The molecule has 0 saturated carbocycles. The summed E-state index contributed by atoms with van der Waals surface area (Å²) >= 11 is 0.882. The van der Waals surface area contributed by atoms with Crippen molar-refractivity contribution in [3.63, 3.8) is 0 Å². The molecule has 0 fully saturated rings. The zero-order chi connectivity index (χ0) is 6.78. The number of rotatable bonds is 2. The molecular formula is C7H16Ge. The van der Waals surface area contributed by atoms with Gasteiger partial charge in [-0.25, -0.2) is 0 Å². The Balaban J connectivity index is 3.82. The summed E-state index contributed by atoms with van der Waals surface area (Å²) in [5, 5.41) is 0. The normalized spacial score (nSPS) is 11.9. The molecule has 0 aromatic rings. The molecule has 1 heteroatoms. The maximum atomic E-state index is 3.99. The van der Waals surface area contributed by atoms with Crippen molar-refractivity contribution in [2.45, 2.75) is 31.4 Å². The molecule has 0 spiro atoms. The van der Waals surface area contributed by atoms with Gasteiger partial charge in [-0.3, -0.25) is 0 Å². The van der Waals surface area contributed by atoms with Crippen molar-refractivity contribution in [2.75, 3.05) is 0 Å². The molecule has 0 aliphatic rings. The quantitative estimate of drug-likeness (QED) is 0.438.